The van der Waals surface area contributed by atoms with Crippen LogP contribution in [0.15, 0.2) is 23.1 Å². The number of rotatable bonds is 7. The smallest absolute Gasteiger partial charge is 0.240 e. The lowest BCUT2D eigenvalue weighted by Crippen LogP contribution is -2.34. The average Bonchev–Trinajstić information content (AvgIpc) is 2.26. The standard InChI is InChI=1S/C13H22N2O3S/c1-10-6-11(2)8-13(7-10)19(17,18)15-5-4-14-9-12(3)16/h6-8,12,14-16H,4-5,9H2,1-3H3. The third-order valence-corrected chi connectivity index (χ3v) is 3.98. The van der Waals surface area contributed by atoms with Crippen LogP contribution in [0.1, 0.15) is 18.1 Å². The van der Waals surface area contributed by atoms with Gasteiger partial charge in [0, 0.05) is 19.6 Å². The topological polar surface area (TPSA) is 78.4 Å². The third-order valence-electron chi connectivity index (χ3n) is 2.54. The second-order valence-electron chi connectivity index (χ2n) is 4.77. The summed E-state index contributed by atoms with van der Waals surface area (Å²) >= 11 is 0. The van der Waals surface area contributed by atoms with Gasteiger partial charge in [0.1, 0.15) is 0 Å². The second-order valence-corrected chi connectivity index (χ2v) is 6.54. The van der Waals surface area contributed by atoms with E-state index < -0.39 is 16.1 Å². The minimum absolute atomic E-state index is 0.292. The molecule has 108 valence electrons. The van der Waals surface area contributed by atoms with Gasteiger partial charge in [-0.2, -0.15) is 0 Å². The number of hydrogen-bond acceptors (Lipinski definition) is 4. The molecule has 0 aliphatic heterocycles. The third kappa shape index (κ3) is 5.69. The molecule has 1 rings (SSSR count). The number of aliphatic hydroxyl groups is 1. The summed E-state index contributed by atoms with van der Waals surface area (Å²) < 4.78 is 26.6. The van der Waals surface area contributed by atoms with Crippen molar-refractivity contribution >= 4 is 10.0 Å². The van der Waals surface area contributed by atoms with E-state index in [2.05, 4.69) is 10.0 Å². The van der Waals surface area contributed by atoms with Crippen molar-refractivity contribution in [2.45, 2.75) is 31.8 Å². The molecule has 0 fully saturated rings. The highest BCUT2D eigenvalue weighted by Crippen LogP contribution is 2.13. The Morgan fingerprint density at radius 2 is 1.74 bits per heavy atom. The predicted octanol–water partition coefficient (Wildman–Crippen LogP) is 0.552. The van der Waals surface area contributed by atoms with E-state index in [9.17, 15) is 8.42 Å². The first-order valence-corrected chi connectivity index (χ1v) is 7.76. The van der Waals surface area contributed by atoms with E-state index in [0.717, 1.165) is 11.1 Å². The van der Waals surface area contributed by atoms with Crippen molar-refractivity contribution in [1.29, 1.82) is 0 Å². The molecule has 0 bridgehead atoms. The molecule has 0 amide bonds. The van der Waals surface area contributed by atoms with E-state index in [1.165, 1.54) is 0 Å². The quantitative estimate of drug-likeness (QED) is 0.640. The van der Waals surface area contributed by atoms with Gasteiger partial charge in [-0.05, 0) is 44.0 Å². The summed E-state index contributed by atoms with van der Waals surface area (Å²) in [5, 5.41) is 12.0. The van der Waals surface area contributed by atoms with Crippen molar-refractivity contribution in [3.63, 3.8) is 0 Å². The van der Waals surface area contributed by atoms with Gasteiger partial charge in [0.15, 0.2) is 0 Å². The predicted molar refractivity (Wildman–Crippen MR) is 75.7 cm³/mol. The maximum Gasteiger partial charge on any atom is 0.240 e. The molecule has 0 radical (unpaired) electrons. The van der Waals surface area contributed by atoms with Gasteiger partial charge in [0.05, 0.1) is 11.0 Å². The first-order chi connectivity index (χ1) is 8.81. The van der Waals surface area contributed by atoms with Crippen LogP contribution in [0.5, 0.6) is 0 Å². The SMILES string of the molecule is Cc1cc(C)cc(S(=O)(=O)NCCNCC(C)O)c1. The Hall–Kier alpha value is -0.950. The molecule has 0 heterocycles. The lowest BCUT2D eigenvalue weighted by molar-refractivity contribution is 0.192. The fraction of sp³-hybridized carbons (Fsp3) is 0.538. The number of nitrogens with one attached hydrogen (secondary N) is 2. The van der Waals surface area contributed by atoms with Crippen LogP contribution in [0, 0.1) is 13.8 Å². The fourth-order valence-corrected chi connectivity index (χ4v) is 2.98. The summed E-state index contributed by atoms with van der Waals surface area (Å²) in [5.74, 6) is 0. The van der Waals surface area contributed by atoms with E-state index >= 15 is 0 Å². The Bertz CT molecular complexity index is 492. The van der Waals surface area contributed by atoms with Crippen molar-refractivity contribution in [1.82, 2.24) is 10.0 Å². The highest BCUT2D eigenvalue weighted by molar-refractivity contribution is 7.89. The Balaban J connectivity index is 2.56. The van der Waals surface area contributed by atoms with Crippen LogP contribution in [0.3, 0.4) is 0 Å². The zero-order valence-corrected chi connectivity index (χ0v) is 12.4. The van der Waals surface area contributed by atoms with Gasteiger partial charge >= 0.3 is 0 Å². The monoisotopic (exact) mass is 286 g/mol. The van der Waals surface area contributed by atoms with Crippen LogP contribution in [0.2, 0.25) is 0 Å². The summed E-state index contributed by atoms with van der Waals surface area (Å²) in [5.41, 5.74) is 1.85. The van der Waals surface area contributed by atoms with Crippen LogP contribution in [-0.2, 0) is 10.0 Å². The summed E-state index contributed by atoms with van der Waals surface area (Å²) in [4.78, 5) is 0.292. The maximum absolute atomic E-state index is 12.0. The minimum atomic E-state index is -3.46. The molecular weight excluding hydrogens is 264 g/mol. The molecule has 0 aromatic heterocycles. The summed E-state index contributed by atoms with van der Waals surface area (Å²) in [6.07, 6.45) is -0.434. The van der Waals surface area contributed by atoms with Crippen molar-refractivity contribution < 1.29 is 13.5 Å². The molecule has 6 heteroatoms. The number of benzene rings is 1. The highest BCUT2D eigenvalue weighted by Gasteiger charge is 2.13. The van der Waals surface area contributed by atoms with Crippen LogP contribution >= 0.6 is 0 Å². The summed E-state index contributed by atoms with van der Waals surface area (Å²) in [7, 11) is -3.46. The van der Waals surface area contributed by atoms with Gasteiger partial charge < -0.3 is 10.4 Å². The highest BCUT2D eigenvalue weighted by atomic mass is 32.2. The maximum atomic E-state index is 12.0. The molecule has 0 spiro atoms. The molecule has 1 unspecified atom stereocenters. The van der Waals surface area contributed by atoms with Gasteiger partial charge in [-0.25, -0.2) is 13.1 Å². The number of aryl methyl sites for hydroxylation is 2. The van der Waals surface area contributed by atoms with E-state index in [-0.39, 0.29) is 0 Å². The lowest BCUT2D eigenvalue weighted by atomic mass is 10.2. The minimum Gasteiger partial charge on any atom is -0.392 e. The zero-order chi connectivity index (χ0) is 14.5. The molecule has 3 N–H and O–H groups in total. The van der Waals surface area contributed by atoms with Gasteiger partial charge in [0.25, 0.3) is 0 Å². The Kier molecular flexibility index (Phi) is 5.93. The lowest BCUT2D eigenvalue weighted by Gasteiger charge is -2.10. The largest absolute Gasteiger partial charge is 0.392 e. The van der Waals surface area contributed by atoms with Gasteiger partial charge in [-0.15, -0.1) is 0 Å². The zero-order valence-electron chi connectivity index (χ0n) is 11.6. The van der Waals surface area contributed by atoms with Crippen molar-refractivity contribution in [3.8, 4) is 0 Å². The van der Waals surface area contributed by atoms with Crippen molar-refractivity contribution in [2.75, 3.05) is 19.6 Å². The molecule has 0 saturated heterocycles. The Morgan fingerprint density at radius 3 is 2.26 bits per heavy atom. The second kappa shape index (κ2) is 7.00. The molecule has 1 aromatic carbocycles. The Morgan fingerprint density at radius 1 is 1.16 bits per heavy atom. The molecular formula is C13H22N2O3S. The van der Waals surface area contributed by atoms with Crippen LogP contribution < -0.4 is 10.0 Å². The fourth-order valence-electron chi connectivity index (χ4n) is 1.76. The van der Waals surface area contributed by atoms with Gasteiger partial charge in [0.2, 0.25) is 10.0 Å². The van der Waals surface area contributed by atoms with Crippen molar-refractivity contribution in [3.05, 3.63) is 29.3 Å². The first kappa shape index (κ1) is 16.1. The van der Waals surface area contributed by atoms with Crippen LogP contribution in [-0.4, -0.2) is 39.3 Å². The molecule has 5 nitrogen and oxygen atoms in total. The van der Waals surface area contributed by atoms with Crippen LogP contribution in [0.4, 0.5) is 0 Å². The molecule has 0 saturated carbocycles. The van der Waals surface area contributed by atoms with Crippen LogP contribution in [0.25, 0.3) is 0 Å². The average molecular weight is 286 g/mol. The van der Waals surface area contributed by atoms with Gasteiger partial charge in [-0.1, -0.05) is 6.07 Å². The summed E-state index contributed by atoms with van der Waals surface area (Å²) in [6.45, 7) is 6.64. The van der Waals surface area contributed by atoms with Gasteiger partial charge in [-0.3, -0.25) is 0 Å². The first-order valence-electron chi connectivity index (χ1n) is 6.28. The van der Waals surface area contributed by atoms with E-state index in [0.29, 0.717) is 24.5 Å². The van der Waals surface area contributed by atoms with E-state index in [1.54, 1.807) is 19.1 Å². The molecule has 0 aliphatic rings. The molecule has 19 heavy (non-hydrogen) atoms. The Labute approximate surface area is 115 Å². The number of sulfonamides is 1. The number of hydrogen-bond donors (Lipinski definition) is 3. The van der Waals surface area contributed by atoms with E-state index in [1.807, 2.05) is 19.9 Å². The molecule has 1 atom stereocenters. The normalized spacial score (nSPS) is 13.5. The van der Waals surface area contributed by atoms with Crippen molar-refractivity contribution in [2.24, 2.45) is 0 Å². The molecule has 0 aliphatic carbocycles. The van der Waals surface area contributed by atoms with E-state index in [4.69, 9.17) is 5.11 Å². The molecule has 1 aromatic rings. The summed E-state index contributed by atoms with van der Waals surface area (Å²) in [6, 6.07) is 5.24. The number of aliphatic hydroxyl groups excluding tert-OH is 1.